The van der Waals surface area contributed by atoms with Crippen LogP contribution in [0.15, 0.2) is 30.5 Å². The Labute approximate surface area is 180 Å². The second-order valence-electron chi connectivity index (χ2n) is 6.61. The monoisotopic (exact) mass is 460 g/mol. The molecule has 2 N–H and O–H groups in total. The van der Waals surface area contributed by atoms with Gasteiger partial charge in [-0.05, 0) is 37.6 Å². The van der Waals surface area contributed by atoms with Crippen LogP contribution >= 0.6 is 23.2 Å². The van der Waals surface area contributed by atoms with Gasteiger partial charge in [-0.25, -0.2) is 15.0 Å². The zero-order valence-corrected chi connectivity index (χ0v) is 17.3. The van der Waals surface area contributed by atoms with Gasteiger partial charge in [0.15, 0.2) is 0 Å². The molecule has 2 atom stereocenters. The van der Waals surface area contributed by atoms with Crippen LogP contribution < -0.4 is 10.1 Å². The summed E-state index contributed by atoms with van der Waals surface area (Å²) >= 11 is 11.9. The summed E-state index contributed by atoms with van der Waals surface area (Å²) < 4.78 is 45.9. The minimum atomic E-state index is -4.63. The van der Waals surface area contributed by atoms with Crippen molar-refractivity contribution < 1.29 is 23.0 Å². The van der Waals surface area contributed by atoms with Crippen LogP contribution in [0.4, 0.5) is 19.0 Å². The summed E-state index contributed by atoms with van der Waals surface area (Å²) in [4.78, 5) is 12.1. The molecule has 0 fully saturated rings. The van der Waals surface area contributed by atoms with E-state index in [4.69, 9.17) is 27.9 Å². The summed E-state index contributed by atoms with van der Waals surface area (Å²) in [5, 5.41) is 13.2. The highest BCUT2D eigenvalue weighted by Gasteiger charge is 2.36. The van der Waals surface area contributed by atoms with Crippen LogP contribution in [0.2, 0.25) is 10.4 Å². The van der Waals surface area contributed by atoms with Gasteiger partial charge in [-0.1, -0.05) is 23.7 Å². The van der Waals surface area contributed by atoms with Gasteiger partial charge in [-0.3, -0.25) is 0 Å². The molecule has 30 heavy (non-hydrogen) atoms. The van der Waals surface area contributed by atoms with E-state index in [0.717, 1.165) is 6.07 Å². The highest BCUT2D eigenvalue weighted by molar-refractivity contribution is 6.30. The molecule has 3 rings (SSSR count). The van der Waals surface area contributed by atoms with E-state index in [1.165, 1.54) is 31.3 Å². The first kappa shape index (κ1) is 22.3. The average molecular weight is 461 g/mol. The van der Waals surface area contributed by atoms with Crippen LogP contribution in [0.3, 0.4) is 0 Å². The van der Waals surface area contributed by atoms with Crippen molar-refractivity contribution in [1.29, 1.82) is 0 Å². The summed E-state index contributed by atoms with van der Waals surface area (Å²) in [5.41, 5.74) is -0.288. The SMILES string of the molecule is C[C@@H](O)COc1c([C@@H](C)Nc2nc(Cl)nc3cnc(Cl)cc23)cccc1C(F)(F)F. The van der Waals surface area contributed by atoms with Gasteiger partial charge >= 0.3 is 6.18 Å². The molecule has 0 aliphatic carbocycles. The number of anilines is 1. The Balaban J connectivity index is 2.04. The minimum Gasteiger partial charge on any atom is -0.490 e. The van der Waals surface area contributed by atoms with Crippen LogP contribution in [0, 0.1) is 0 Å². The smallest absolute Gasteiger partial charge is 0.419 e. The number of aromatic nitrogens is 3. The molecule has 160 valence electrons. The van der Waals surface area contributed by atoms with Crippen molar-refractivity contribution in [1.82, 2.24) is 15.0 Å². The number of ether oxygens (including phenoxy) is 1. The van der Waals surface area contributed by atoms with Crippen molar-refractivity contribution in [2.75, 3.05) is 11.9 Å². The molecule has 0 bridgehead atoms. The lowest BCUT2D eigenvalue weighted by molar-refractivity contribution is -0.139. The quantitative estimate of drug-likeness (QED) is 0.384. The molecule has 0 radical (unpaired) electrons. The largest absolute Gasteiger partial charge is 0.490 e. The summed E-state index contributed by atoms with van der Waals surface area (Å²) in [6, 6.07) is 4.58. The van der Waals surface area contributed by atoms with Gasteiger partial charge in [0.1, 0.15) is 23.3 Å². The van der Waals surface area contributed by atoms with Crippen molar-refractivity contribution in [3.8, 4) is 5.75 Å². The van der Waals surface area contributed by atoms with Gasteiger partial charge < -0.3 is 15.2 Å². The molecule has 3 aromatic rings. The second kappa shape index (κ2) is 8.79. The Kier molecular flexibility index (Phi) is 6.54. The van der Waals surface area contributed by atoms with E-state index in [1.807, 2.05) is 0 Å². The Morgan fingerprint density at radius 3 is 2.60 bits per heavy atom. The molecule has 0 aliphatic heterocycles. The van der Waals surface area contributed by atoms with Gasteiger partial charge in [-0.15, -0.1) is 0 Å². The summed E-state index contributed by atoms with van der Waals surface area (Å²) in [7, 11) is 0. The van der Waals surface area contributed by atoms with Crippen LogP contribution in [0.5, 0.6) is 5.75 Å². The topological polar surface area (TPSA) is 80.2 Å². The molecule has 0 amide bonds. The minimum absolute atomic E-state index is 0.0593. The predicted octanol–water partition coefficient (Wildman–Crippen LogP) is 5.28. The molecule has 11 heteroatoms. The first-order chi connectivity index (χ1) is 14.1. The maximum absolute atomic E-state index is 13.5. The zero-order valence-electron chi connectivity index (χ0n) is 15.8. The van der Waals surface area contributed by atoms with Gasteiger partial charge in [0, 0.05) is 10.9 Å². The number of aliphatic hydroxyl groups is 1. The maximum Gasteiger partial charge on any atom is 0.419 e. The van der Waals surface area contributed by atoms with Crippen LogP contribution in [0.1, 0.15) is 31.0 Å². The standard InChI is InChI=1S/C19H17Cl2F3N4O2/c1-9(29)8-30-16-11(4-3-5-13(16)19(22,23)24)10(2)26-17-12-6-15(20)25-7-14(12)27-18(21)28-17/h3-7,9-10,29H,8H2,1-2H3,(H,26,27,28)/t9-,10-/m1/s1. The molecular formula is C19H17Cl2F3N4O2. The Hall–Kier alpha value is -2.36. The fraction of sp³-hybridized carbons (Fsp3) is 0.316. The second-order valence-corrected chi connectivity index (χ2v) is 7.34. The zero-order chi connectivity index (χ0) is 22.1. The summed E-state index contributed by atoms with van der Waals surface area (Å²) in [6.07, 6.45) is -4.15. The van der Waals surface area contributed by atoms with Crippen molar-refractivity contribution in [3.05, 3.63) is 52.0 Å². The number of hydrogen-bond donors (Lipinski definition) is 2. The first-order valence-electron chi connectivity index (χ1n) is 8.82. The Morgan fingerprint density at radius 2 is 1.93 bits per heavy atom. The van der Waals surface area contributed by atoms with E-state index in [-0.39, 0.29) is 34.2 Å². The number of fused-ring (bicyclic) bond motifs is 1. The molecule has 6 nitrogen and oxygen atoms in total. The number of pyridine rings is 1. The molecule has 0 aliphatic rings. The third-order valence-electron chi connectivity index (χ3n) is 4.16. The third-order valence-corrected chi connectivity index (χ3v) is 4.54. The van der Waals surface area contributed by atoms with E-state index < -0.39 is 23.9 Å². The highest BCUT2D eigenvalue weighted by Crippen LogP contribution is 2.41. The number of rotatable bonds is 6. The molecule has 0 saturated heterocycles. The highest BCUT2D eigenvalue weighted by atomic mass is 35.5. The van der Waals surface area contributed by atoms with Crippen LogP contribution in [-0.4, -0.2) is 32.8 Å². The number of nitrogens with one attached hydrogen (secondary N) is 1. The fourth-order valence-corrected chi connectivity index (χ4v) is 3.19. The lowest BCUT2D eigenvalue weighted by Gasteiger charge is -2.23. The van der Waals surface area contributed by atoms with Gasteiger partial charge in [0.2, 0.25) is 5.28 Å². The number of hydrogen-bond acceptors (Lipinski definition) is 6. The van der Waals surface area contributed by atoms with E-state index in [9.17, 15) is 18.3 Å². The number of nitrogens with zero attached hydrogens (tertiary/aromatic N) is 3. The van der Waals surface area contributed by atoms with E-state index in [0.29, 0.717) is 10.9 Å². The normalized spacial score (nSPS) is 13.9. The van der Waals surface area contributed by atoms with Crippen molar-refractivity contribution in [2.24, 2.45) is 0 Å². The molecule has 0 saturated carbocycles. The number of alkyl halides is 3. The molecule has 0 unspecified atom stereocenters. The molecular weight excluding hydrogens is 444 g/mol. The fourth-order valence-electron chi connectivity index (χ4n) is 2.86. The number of aliphatic hydroxyl groups excluding tert-OH is 1. The predicted molar refractivity (Wildman–Crippen MR) is 108 cm³/mol. The maximum atomic E-state index is 13.5. The van der Waals surface area contributed by atoms with Crippen LogP contribution in [0.25, 0.3) is 10.9 Å². The van der Waals surface area contributed by atoms with Crippen molar-refractivity contribution >= 4 is 39.9 Å². The Bertz CT molecular complexity index is 1060. The average Bonchev–Trinajstić information content (AvgIpc) is 2.65. The molecule has 2 heterocycles. The lowest BCUT2D eigenvalue weighted by atomic mass is 10.0. The molecule has 1 aromatic carbocycles. The van der Waals surface area contributed by atoms with Crippen molar-refractivity contribution in [3.63, 3.8) is 0 Å². The number of benzene rings is 1. The van der Waals surface area contributed by atoms with Gasteiger partial charge in [0.05, 0.1) is 29.4 Å². The molecule has 0 spiro atoms. The van der Waals surface area contributed by atoms with E-state index in [1.54, 1.807) is 6.92 Å². The molecule has 2 aromatic heterocycles. The number of para-hydroxylation sites is 1. The van der Waals surface area contributed by atoms with Gasteiger partial charge in [-0.2, -0.15) is 13.2 Å². The summed E-state index contributed by atoms with van der Waals surface area (Å²) in [6.45, 7) is 2.77. The van der Waals surface area contributed by atoms with Crippen LogP contribution in [-0.2, 0) is 6.18 Å². The first-order valence-corrected chi connectivity index (χ1v) is 9.58. The van der Waals surface area contributed by atoms with Gasteiger partial charge in [0.25, 0.3) is 0 Å². The van der Waals surface area contributed by atoms with E-state index >= 15 is 0 Å². The number of halogens is 5. The van der Waals surface area contributed by atoms with Crippen molar-refractivity contribution in [2.45, 2.75) is 32.2 Å². The summed E-state index contributed by atoms with van der Waals surface area (Å²) in [5.74, 6) is -0.0873. The third kappa shape index (κ3) is 5.03. The Morgan fingerprint density at radius 1 is 1.20 bits per heavy atom. The van der Waals surface area contributed by atoms with E-state index in [2.05, 4.69) is 20.3 Å². The lowest BCUT2D eigenvalue weighted by Crippen LogP contribution is -2.19.